The van der Waals surface area contributed by atoms with Crippen molar-refractivity contribution in [3.8, 4) is 33.4 Å². The largest absolute Gasteiger partial charge is 0.465 e. The Labute approximate surface area is 189 Å². The fourth-order valence-corrected chi connectivity index (χ4v) is 3.98. The number of esters is 1. The highest BCUT2D eigenvalue weighted by molar-refractivity contribution is 6.02. The molecule has 0 atom stereocenters. The molecular formula is C28H19NO4. The van der Waals surface area contributed by atoms with Crippen molar-refractivity contribution in [1.29, 1.82) is 0 Å². The van der Waals surface area contributed by atoms with E-state index in [0.717, 1.165) is 16.5 Å². The maximum Gasteiger partial charge on any atom is 0.344 e. The van der Waals surface area contributed by atoms with E-state index in [0.29, 0.717) is 33.4 Å². The lowest BCUT2D eigenvalue weighted by molar-refractivity contribution is 0.0600. The molecule has 0 amide bonds. The first-order chi connectivity index (χ1) is 16.2. The highest BCUT2D eigenvalue weighted by atomic mass is 16.5. The van der Waals surface area contributed by atoms with Gasteiger partial charge in [0.05, 0.1) is 18.2 Å². The normalized spacial score (nSPS) is 10.8. The molecule has 160 valence electrons. The van der Waals surface area contributed by atoms with Gasteiger partial charge in [0, 0.05) is 28.9 Å². The standard InChI is InChI=1S/C28H19NO4/c1-32-27(30)22-15-21(16-29-17-22)25-23-9-5-6-10-24(23)33-28(31)26(25)20-13-11-19(12-14-20)18-7-3-2-4-8-18/h2-17H,1H3. The molecule has 2 heterocycles. The average Bonchev–Trinajstić information content (AvgIpc) is 2.88. The van der Waals surface area contributed by atoms with Crippen LogP contribution in [0.2, 0.25) is 0 Å². The summed E-state index contributed by atoms with van der Waals surface area (Å²) in [6.07, 6.45) is 3.08. The molecule has 0 radical (unpaired) electrons. The van der Waals surface area contributed by atoms with Crippen LogP contribution in [0.15, 0.2) is 107 Å². The van der Waals surface area contributed by atoms with Crippen LogP contribution in [0.25, 0.3) is 44.3 Å². The highest BCUT2D eigenvalue weighted by Crippen LogP contribution is 2.36. The van der Waals surface area contributed by atoms with Gasteiger partial charge < -0.3 is 9.15 Å². The van der Waals surface area contributed by atoms with Crippen molar-refractivity contribution >= 4 is 16.9 Å². The van der Waals surface area contributed by atoms with Crippen molar-refractivity contribution in [2.45, 2.75) is 0 Å². The number of hydrogen-bond donors (Lipinski definition) is 0. The summed E-state index contributed by atoms with van der Waals surface area (Å²) in [4.78, 5) is 29.5. The second-order valence-corrected chi connectivity index (χ2v) is 7.53. The number of para-hydroxylation sites is 1. The van der Waals surface area contributed by atoms with E-state index < -0.39 is 11.6 Å². The second kappa shape index (κ2) is 8.55. The van der Waals surface area contributed by atoms with Gasteiger partial charge in [-0.1, -0.05) is 72.8 Å². The molecule has 0 bridgehead atoms. The maximum absolute atomic E-state index is 13.2. The summed E-state index contributed by atoms with van der Waals surface area (Å²) in [6.45, 7) is 0. The van der Waals surface area contributed by atoms with Crippen LogP contribution in [0.4, 0.5) is 0 Å². The third-order valence-corrected chi connectivity index (χ3v) is 5.54. The van der Waals surface area contributed by atoms with E-state index in [1.165, 1.54) is 13.3 Å². The van der Waals surface area contributed by atoms with Crippen LogP contribution in [-0.4, -0.2) is 18.1 Å². The summed E-state index contributed by atoms with van der Waals surface area (Å²) in [5.74, 6) is -0.495. The molecule has 0 aliphatic heterocycles. The van der Waals surface area contributed by atoms with Crippen LogP contribution >= 0.6 is 0 Å². The zero-order chi connectivity index (χ0) is 22.8. The third kappa shape index (κ3) is 3.81. The summed E-state index contributed by atoms with van der Waals surface area (Å²) in [5.41, 5.74) is 4.86. The highest BCUT2D eigenvalue weighted by Gasteiger charge is 2.19. The lowest BCUT2D eigenvalue weighted by Crippen LogP contribution is -2.07. The molecule has 5 nitrogen and oxygen atoms in total. The van der Waals surface area contributed by atoms with Gasteiger partial charge in [0.25, 0.3) is 0 Å². The Hall–Kier alpha value is -4.51. The fourth-order valence-electron chi connectivity index (χ4n) is 3.98. The van der Waals surface area contributed by atoms with E-state index in [1.54, 1.807) is 18.3 Å². The Morgan fingerprint density at radius 3 is 2.18 bits per heavy atom. The first-order valence-corrected chi connectivity index (χ1v) is 10.4. The number of pyridine rings is 1. The lowest BCUT2D eigenvalue weighted by atomic mass is 9.92. The number of fused-ring (bicyclic) bond motifs is 1. The predicted octanol–water partition coefficient (Wildman–Crippen LogP) is 5.98. The van der Waals surface area contributed by atoms with Gasteiger partial charge in [-0.3, -0.25) is 4.98 Å². The molecule has 0 N–H and O–H groups in total. The molecular weight excluding hydrogens is 414 g/mol. The Morgan fingerprint density at radius 2 is 1.42 bits per heavy atom. The molecule has 0 unspecified atom stereocenters. The number of benzene rings is 3. The molecule has 0 aliphatic rings. The smallest absolute Gasteiger partial charge is 0.344 e. The minimum Gasteiger partial charge on any atom is -0.465 e. The van der Waals surface area contributed by atoms with Crippen LogP contribution in [-0.2, 0) is 4.74 Å². The second-order valence-electron chi connectivity index (χ2n) is 7.53. The Kier molecular flexibility index (Phi) is 5.29. The summed E-state index contributed by atoms with van der Waals surface area (Å²) in [5, 5.41) is 0.753. The summed E-state index contributed by atoms with van der Waals surface area (Å²) in [7, 11) is 1.32. The summed E-state index contributed by atoms with van der Waals surface area (Å²) < 4.78 is 10.5. The van der Waals surface area contributed by atoms with E-state index >= 15 is 0 Å². The molecule has 0 saturated carbocycles. The van der Waals surface area contributed by atoms with E-state index in [4.69, 9.17) is 9.15 Å². The number of carbonyl (C=O) groups is 1. The Bertz CT molecular complexity index is 1520. The number of ether oxygens (including phenoxy) is 1. The average molecular weight is 433 g/mol. The first-order valence-electron chi connectivity index (χ1n) is 10.4. The van der Waals surface area contributed by atoms with E-state index in [1.807, 2.05) is 72.8 Å². The number of hydrogen-bond acceptors (Lipinski definition) is 5. The number of aromatic nitrogens is 1. The summed E-state index contributed by atoms with van der Waals surface area (Å²) in [6, 6.07) is 26.8. The number of carbonyl (C=O) groups excluding carboxylic acids is 1. The summed E-state index contributed by atoms with van der Waals surface area (Å²) >= 11 is 0. The van der Waals surface area contributed by atoms with Crippen LogP contribution in [0, 0.1) is 0 Å². The molecule has 0 aliphatic carbocycles. The van der Waals surface area contributed by atoms with Gasteiger partial charge >= 0.3 is 11.6 Å². The fraction of sp³-hybridized carbons (Fsp3) is 0.0357. The van der Waals surface area contributed by atoms with Gasteiger partial charge in [0.2, 0.25) is 0 Å². The maximum atomic E-state index is 13.2. The van der Waals surface area contributed by atoms with Gasteiger partial charge in [-0.15, -0.1) is 0 Å². The van der Waals surface area contributed by atoms with E-state index in [2.05, 4.69) is 4.98 Å². The van der Waals surface area contributed by atoms with Gasteiger partial charge in [0.1, 0.15) is 5.58 Å². The predicted molar refractivity (Wildman–Crippen MR) is 128 cm³/mol. The van der Waals surface area contributed by atoms with Crippen molar-refractivity contribution in [3.05, 3.63) is 113 Å². The Morgan fingerprint density at radius 1 is 0.758 bits per heavy atom. The molecule has 5 heteroatoms. The molecule has 33 heavy (non-hydrogen) atoms. The van der Waals surface area contributed by atoms with Crippen molar-refractivity contribution in [1.82, 2.24) is 4.98 Å². The van der Waals surface area contributed by atoms with E-state index in [9.17, 15) is 9.59 Å². The first kappa shape index (κ1) is 20.4. The topological polar surface area (TPSA) is 69.4 Å². The molecule has 2 aromatic heterocycles. The minimum absolute atomic E-state index is 0.303. The molecule has 0 saturated heterocycles. The van der Waals surface area contributed by atoms with Crippen molar-refractivity contribution in [3.63, 3.8) is 0 Å². The molecule has 5 rings (SSSR count). The zero-order valence-corrected chi connectivity index (χ0v) is 17.8. The lowest BCUT2D eigenvalue weighted by Gasteiger charge is -2.13. The molecule has 3 aromatic carbocycles. The molecule has 5 aromatic rings. The SMILES string of the molecule is COC(=O)c1cncc(-c2c(-c3ccc(-c4ccccc4)cc3)c(=O)oc3ccccc23)c1. The van der Waals surface area contributed by atoms with Crippen molar-refractivity contribution < 1.29 is 13.9 Å². The third-order valence-electron chi connectivity index (χ3n) is 5.54. The number of methoxy groups -OCH3 is 1. The van der Waals surface area contributed by atoms with Crippen molar-refractivity contribution in [2.24, 2.45) is 0 Å². The minimum atomic E-state index is -0.495. The van der Waals surface area contributed by atoms with Gasteiger partial charge in [-0.05, 0) is 28.8 Å². The quantitative estimate of drug-likeness (QED) is 0.258. The number of rotatable bonds is 4. The van der Waals surface area contributed by atoms with Crippen LogP contribution in [0.5, 0.6) is 0 Å². The van der Waals surface area contributed by atoms with Gasteiger partial charge in [-0.2, -0.15) is 0 Å². The Balaban J connectivity index is 1.74. The van der Waals surface area contributed by atoms with Crippen molar-refractivity contribution in [2.75, 3.05) is 7.11 Å². The van der Waals surface area contributed by atoms with E-state index in [-0.39, 0.29) is 0 Å². The van der Waals surface area contributed by atoms with Gasteiger partial charge in [-0.25, -0.2) is 9.59 Å². The molecule has 0 fully saturated rings. The van der Waals surface area contributed by atoms with Crippen LogP contribution < -0.4 is 5.63 Å². The number of nitrogens with zero attached hydrogens (tertiary/aromatic N) is 1. The zero-order valence-electron chi connectivity index (χ0n) is 17.8. The monoisotopic (exact) mass is 433 g/mol. The van der Waals surface area contributed by atoms with Crippen LogP contribution in [0.1, 0.15) is 10.4 Å². The molecule has 0 spiro atoms. The van der Waals surface area contributed by atoms with Crippen LogP contribution in [0.3, 0.4) is 0 Å². The van der Waals surface area contributed by atoms with Gasteiger partial charge in [0.15, 0.2) is 0 Å².